The van der Waals surface area contributed by atoms with Crippen LogP contribution >= 0.6 is 0 Å². The predicted octanol–water partition coefficient (Wildman–Crippen LogP) is 4.57. The molecule has 20 heavy (non-hydrogen) atoms. The van der Waals surface area contributed by atoms with E-state index in [1.807, 2.05) is 6.07 Å². The molecule has 0 bridgehead atoms. The molecular formula is C18H26OSi. The number of hydrogen-bond donors (Lipinski definition) is 1. The highest BCUT2D eigenvalue weighted by Crippen LogP contribution is 2.82. The average Bonchev–Trinajstić information content (AvgIpc) is 3.09. The molecule has 3 rings (SSSR count). The van der Waals surface area contributed by atoms with Gasteiger partial charge < -0.3 is 5.11 Å². The lowest BCUT2D eigenvalue weighted by Gasteiger charge is -2.31. The van der Waals surface area contributed by atoms with Gasteiger partial charge in [0.15, 0.2) is 0 Å². The van der Waals surface area contributed by atoms with Gasteiger partial charge in [-0.25, -0.2) is 0 Å². The van der Waals surface area contributed by atoms with Crippen LogP contribution in [0, 0.1) is 11.3 Å². The van der Waals surface area contributed by atoms with Gasteiger partial charge in [0.25, 0.3) is 0 Å². The van der Waals surface area contributed by atoms with Crippen molar-refractivity contribution in [3.8, 4) is 0 Å². The molecule has 2 aliphatic rings. The minimum absolute atomic E-state index is 0.0287. The van der Waals surface area contributed by atoms with Crippen molar-refractivity contribution < 1.29 is 5.11 Å². The number of aliphatic hydroxyl groups excluding tert-OH is 1. The number of hydrogen-bond acceptors (Lipinski definition) is 1. The Morgan fingerprint density at radius 2 is 1.75 bits per heavy atom. The van der Waals surface area contributed by atoms with Crippen molar-refractivity contribution >= 4 is 14.1 Å². The Morgan fingerprint density at radius 1 is 1.15 bits per heavy atom. The SMILES string of the molecule is CC1(C)[C@H](O)/C(=C\c2ccccc2)[C@]2([Si](C)(C)C)C[C@H]12. The normalized spacial score (nSPS) is 37.0. The molecule has 0 spiro atoms. The Bertz CT molecular complexity index is 553. The highest BCUT2D eigenvalue weighted by Gasteiger charge is 2.75. The molecule has 2 aliphatic carbocycles. The second kappa shape index (κ2) is 4.08. The summed E-state index contributed by atoms with van der Waals surface area (Å²) in [5, 5.41) is 11.2. The van der Waals surface area contributed by atoms with Gasteiger partial charge in [-0.2, -0.15) is 0 Å². The summed E-state index contributed by atoms with van der Waals surface area (Å²) in [6.45, 7) is 11.9. The lowest BCUT2D eigenvalue weighted by atomic mass is 9.83. The summed E-state index contributed by atoms with van der Waals surface area (Å²) in [5.74, 6) is 0.673. The smallest absolute Gasteiger partial charge is 0.0809 e. The zero-order chi connectivity index (χ0) is 14.8. The first kappa shape index (κ1) is 14.1. The van der Waals surface area contributed by atoms with Gasteiger partial charge in [-0.3, -0.25) is 0 Å². The molecule has 0 radical (unpaired) electrons. The van der Waals surface area contributed by atoms with Crippen molar-refractivity contribution in [2.45, 2.75) is 51.1 Å². The Labute approximate surface area is 123 Å². The molecule has 0 aliphatic heterocycles. The Balaban J connectivity index is 2.11. The minimum atomic E-state index is -1.35. The molecule has 3 atom stereocenters. The van der Waals surface area contributed by atoms with Crippen molar-refractivity contribution in [3.63, 3.8) is 0 Å². The first-order valence-electron chi connectivity index (χ1n) is 7.66. The molecule has 1 N–H and O–H groups in total. The molecule has 0 saturated heterocycles. The molecule has 1 aromatic carbocycles. The van der Waals surface area contributed by atoms with Crippen LogP contribution in [0.2, 0.25) is 24.7 Å². The fraction of sp³-hybridized carbons (Fsp3) is 0.556. The molecule has 2 saturated carbocycles. The van der Waals surface area contributed by atoms with Crippen molar-refractivity contribution in [3.05, 3.63) is 41.5 Å². The van der Waals surface area contributed by atoms with E-state index in [1.165, 1.54) is 17.6 Å². The van der Waals surface area contributed by atoms with Crippen LogP contribution < -0.4 is 0 Å². The van der Waals surface area contributed by atoms with Gasteiger partial charge in [0.1, 0.15) is 0 Å². The quantitative estimate of drug-likeness (QED) is 0.790. The van der Waals surface area contributed by atoms with Gasteiger partial charge in [-0.05, 0) is 33.9 Å². The van der Waals surface area contributed by atoms with Crippen LogP contribution in [0.5, 0.6) is 0 Å². The fourth-order valence-electron chi connectivity index (χ4n) is 4.51. The fourth-order valence-corrected chi connectivity index (χ4v) is 7.82. The maximum atomic E-state index is 10.9. The van der Waals surface area contributed by atoms with E-state index < -0.39 is 8.07 Å². The maximum Gasteiger partial charge on any atom is 0.0809 e. The van der Waals surface area contributed by atoms with Gasteiger partial charge in [0, 0.05) is 0 Å². The third-order valence-corrected chi connectivity index (χ3v) is 9.35. The number of benzene rings is 1. The van der Waals surface area contributed by atoms with E-state index in [9.17, 15) is 5.11 Å². The predicted molar refractivity (Wildman–Crippen MR) is 88.4 cm³/mol. The summed E-state index contributed by atoms with van der Waals surface area (Å²) in [4.78, 5) is 0. The Hall–Kier alpha value is -0.863. The van der Waals surface area contributed by atoms with Crippen molar-refractivity contribution in [1.29, 1.82) is 0 Å². The molecule has 1 aromatic rings. The molecule has 2 fully saturated rings. The van der Waals surface area contributed by atoms with Crippen LogP contribution in [0.25, 0.3) is 6.08 Å². The van der Waals surface area contributed by atoms with E-state index in [0.29, 0.717) is 11.0 Å². The van der Waals surface area contributed by atoms with Crippen LogP contribution in [0.4, 0.5) is 0 Å². The van der Waals surface area contributed by atoms with E-state index in [2.05, 4.69) is 63.8 Å². The van der Waals surface area contributed by atoms with Crippen molar-refractivity contribution in [1.82, 2.24) is 0 Å². The third kappa shape index (κ3) is 1.71. The van der Waals surface area contributed by atoms with Crippen molar-refractivity contribution in [2.24, 2.45) is 11.3 Å². The zero-order valence-corrected chi connectivity index (χ0v) is 14.3. The zero-order valence-electron chi connectivity index (χ0n) is 13.3. The second-order valence-electron chi connectivity index (χ2n) is 8.21. The molecular weight excluding hydrogens is 260 g/mol. The van der Waals surface area contributed by atoms with Crippen LogP contribution in [0.3, 0.4) is 0 Å². The molecule has 108 valence electrons. The molecule has 1 nitrogen and oxygen atoms in total. The van der Waals surface area contributed by atoms with Gasteiger partial charge in [-0.1, -0.05) is 69.9 Å². The molecule has 2 heteroatoms. The Kier molecular flexibility index (Phi) is 2.87. The van der Waals surface area contributed by atoms with E-state index in [1.54, 1.807) is 0 Å². The second-order valence-corrected chi connectivity index (χ2v) is 13.6. The van der Waals surface area contributed by atoms with Crippen LogP contribution in [0.15, 0.2) is 35.9 Å². The lowest BCUT2D eigenvalue weighted by Crippen LogP contribution is -2.33. The largest absolute Gasteiger partial charge is 0.388 e. The summed E-state index contributed by atoms with van der Waals surface area (Å²) in [5.41, 5.74) is 2.57. The van der Waals surface area contributed by atoms with E-state index in [4.69, 9.17) is 0 Å². The number of fused-ring (bicyclic) bond motifs is 1. The first-order chi connectivity index (χ1) is 9.21. The summed E-state index contributed by atoms with van der Waals surface area (Å²) in [7, 11) is -1.35. The molecule has 0 aromatic heterocycles. The van der Waals surface area contributed by atoms with Crippen LogP contribution in [-0.4, -0.2) is 19.3 Å². The summed E-state index contributed by atoms with van der Waals surface area (Å²) in [6.07, 6.45) is 3.27. The monoisotopic (exact) mass is 286 g/mol. The number of aliphatic hydroxyl groups is 1. The maximum absolute atomic E-state index is 10.9. The standard InChI is InChI=1S/C18H26OSi/c1-17(2)15-12-18(15,20(3,4)5)14(16(17)19)11-13-9-7-6-8-10-13/h6-11,15-16,19H,12H2,1-5H3/b14-11+/t15-,16-,18-/m1/s1. The summed E-state index contributed by atoms with van der Waals surface area (Å²) in [6, 6.07) is 10.5. The van der Waals surface area contributed by atoms with Gasteiger partial charge in [-0.15, -0.1) is 0 Å². The summed E-state index contributed by atoms with van der Waals surface area (Å²) < 4.78 is 0. The topological polar surface area (TPSA) is 20.2 Å². The van der Waals surface area contributed by atoms with E-state index in [0.717, 1.165) is 0 Å². The van der Waals surface area contributed by atoms with Gasteiger partial charge in [0.05, 0.1) is 14.2 Å². The highest BCUT2D eigenvalue weighted by molar-refractivity contribution is 6.81. The summed E-state index contributed by atoms with van der Waals surface area (Å²) >= 11 is 0. The van der Waals surface area contributed by atoms with Gasteiger partial charge >= 0.3 is 0 Å². The number of rotatable bonds is 2. The lowest BCUT2D eigenvalue weighted by molar-refractivity contribution is 0.0844. The van der Waals surface area contributed by atoms with E-state index in [-0.39, 0.29) is 11.5 Å². The molecule has 0 amide bonds. The van der Waals surface area contributed by atoms with Crippen molar-refractivity contribution in [2.75, 3.05) is 0 Å². The Morgan fingerprint density at radius 3 is 2.30 bits per heavy atom. The van der Waals surface area contributed by atoms with Crippen LogP contribution in [-0.2, 0) is 0 Å². The highest BCUT2D eigenvalue weighted by atomic mass is 28.3. The van der Waals surface area contributed by atoms with Crippen LogP contribution in [0.1, 0.15) is 25.8 Å². The molecule has 0 unspecified atom stereocenters. The van der Waals surface area contributed by atoms with E-state index >= 15 is 0 Å². The molecule has 0 heterocycles. The average molecular weight is 286 g/mol. The first-order valence-corrected chi connectivity index (χ1v) is 11.2. The minimum Gasteiger partial charge on any atom is -0.388 e. The van der Waals surface area contributed by atoms with Gasteiger partial charge in [0.2, 0.25) is 0 Å². The third-order valence-electron chi connectivity index (χ3n) is 5.83.